The molecule has 0 bridgehead atoms. The molecule has 1 fully saturated rings. The van der Waals surface area contributed by atoms with Gasteiger partial charge in [-0.15, -0.1) is 10.2 Å². The van der Waals surface area contributed by atoms with E-state index in [9.17, 15) is 18.0 Å². The lowest BCUT2D eigenvalue weighted by atomic mass is 9.83. The van der Waals surface area contributed by atoms with Crippen molar-refractivity contribution in [1.29, 1.82) is 0 Å². The van der Waals surface area contributed by atoms with Gasteiger partial charge in [-0.2, -0.15) is 13.2 Å². The Morgan fingerprint density at radius 3 is 2.56 bits per heavy atom. The van der Waals surface area contributed by atoms with Crippen molar-refractivity contribution in [2.24, 2.45) is 0 Å². The first-order valence-electron chi connectivity index (χ1n) is 11.1. The summed E-state index contributed by atoms with van der Waals surface area (Å²) in [5, 5.41) is 7.47. The summed E-state index contributed by atoms with van der Waals surface area (Å²) in [5.74, 6) is -0.0459. The molecule has 1 atom stereocenters. The molecule has 1 unspecified atom stereocenters. The number of ketones is 1. The van der Waals surface area contributed by atoms with Crippen molar-refractivity contribution in [2.75, 3.05) is 43.2 Å². The molecule has 2 aliphatic rings. The van der Waals surface area contributed by atoms with E-state index in [4.69, 9.17) is 4.74 Å². The van der Waals surface area contributed by atoms with Crippen LogP contribution in [0.15, 0.2) is 41.2 Å². The first kappa shape index (κ1) is 24.6. The van der Waals surface area contributed by atoms with Crippen LogP contribution in [0.3, 0.4) is 0 Å². The van der Waals surface area contributed by atoms with Crippen molar-refractivity contribution in [3.63, 3.8) is 0 Å². The monoisotopic (exact) mass is 495 g/mol. The smallest absolute Gasteiger partial charge is 0.378 e. The van der Waals surface area contributed by atoms with Crippen LogP contribution in [0.5, 0.6) is 0 Å². The Labute approximate surface area is 201 Å². The minimum Gasteiger partial charge on any atom is -0.378 e. The number of alkyl halides is 3. The number of carbonyl (C=O) groups excluding carboxylic acids is 1. The number of thioether (sulfide) groups is 1. The quantitative estimate of drug-likeness (QED) is 0.443. The molecule has 2 aliphatic heterocycles. The molecule has 1 aromatic heterocycles. The summed E-state index contributed by atoms with van der Waals surface area (Å²) in [5.41, 5.74) is 2.63. The summed E-state index contributed by atoms with van der Waals surface area (Å²) in [6, 6.07) is 7.97. The lowest BCUT2D eigenvalue weighted by molar-refractivity contribution is -0.141. The van der Waals surface area contributed by atoms with Gasteiger partial charge >= 0.3 is 6.18 Å². The molecule has 34 heavy (non-hydrogen) atoms. The molecule has 0 amide bonds. The van der Waals surface area contributed by atoms with Crippen LogP contribution in [-0.4, -0.2) is 65.3 Å². The zero-order chi connectivity index (χ0) is 24.7. The second-order valence-corrected chi connectivity index (χ2v) is 10.3. The van der Waals surface area contributed by atoms with Gasteiger partial charge in [0.2, 0.25) is 5.95 Å². The van der Waals surface area contributed by atoms with E-state index in [0.29, 0.717) is 26.3 Å². The largest absolute Gasteiger partial charge is 0.406 e. The molecule has 184 valence electrons. The van der Waals surface area contributed by atoms with Crippen LogP contribution in [0, 0.1) is 0 Å². The van der Waals surface area contributed by atoms with E-state index in [2.05, 4.69) is 24.0 Å². The summed E-state index contributed by atoms with van der Waals surface area (Å²) < 4.78 is 46.4. The molecule has 2 aromatic rings. The van der Waals surface area contributed by atoms with E-state index in [1.54, 1.807) is 17.9 Å². The molecule has 0 spiro atoms. The number of morpholine rings is 1. The Hall–Kier alpha value is -2.53. The maximum absolute atomic E-state index is 13.4. The number of fused-ring (bicyclic) bond motifs is 1. The molecule has 7 nitrogen and oxygen atoms in total. The predicted octanol–water partition coefficient (Wildman–Crippen LogP) is 4.04. The number of hydrogen-bond donors (Lipinski definition) is 0. The number of rotatable bonds is 6. The number of anilines is 2. The Balaban J connectivity index is 1.57. The van der Waals surface area contributed by atoms with Gasteiger partial charge in [-0.1, -0.05) is 43.8 Å². The maximum atomic E-state index is 13.4. The fourth-order valence-electron chi connectivity index (χ4n) is 4.41. The molecule has 0 radical (unpaired) electrons. The van der Waals surface area contributed by atoms with Gasteiger partial charge < -0.3 is 14.5 Å². The van der Waals surface area contributed by atoms with E-state index in [-0.39, 0.29) is 22.3 Å². The van der Waals surface area contributed by atoms with Crippen LogP contribution in [0.25, 0.3) is 0 Å². The molecular weight excluding hydrogens is 467 g/mol. The van der Waals surface area contributed by atoms with Crippen LogP contribution < -0.4 is 9.80 Å². The van der Waals surface area contributed by atoms with Gasteiger partial charge in [0.1, 0.15) is 6.54 Å². The molecule has 11 heteroatoms. The summed E-state index contributed by atoms with van der Waals surface area (Å²) in [4.78, 5) is 16.9. The SMILES string of the molecule is CC(Sc1nnc(N2CCOCC2)n1CC(F)(F)F)C(=O)C=C1N(C)c2ccccc2C1(C)C. The van der Waals surface area contributed by atoms with E-state index in [1.165, 1.54) is 0 Å². The van der Waals surface area contributed by atoms with Crippen LogP contribution >= 0.6 is 11.8 Å². The number of likely N-dealkylation sites (N-methyl/N-ethyl adjacent to an activating group) is 1. The Kier molecular flexibility index (Phi) is 6.69. The van der Waals surface area contributed by atoms with Gasteiger partial charge in [-0.3, -0.25) is 9.36 Å². The first-order chi connectivity index (χ1) is 16.0. The molecule has 3 heterocycles. The number of nitrogens with zero attached hydrogens (tertiary/aromatic N) is 5. The lowest BCUT2D eigenvalue weighted by Crippen LogP contribution is -2.38. The van der Waals surface area contributed by atoms with Crippen LogP contribution in [0.4, 0.5) is 24.8 Å². The van der Waals surface area contributed by atoms with Crippen LogP contribution in [-0.2, 0) is 21.5 Å². The van der Waals surface area contributed by atoms with Gasteiger partial charge in [0.15, 0.2) is 10.9 Å². The molecule has 1 saturated heterocycles. The number of carbonyl (C=O) groups is 1. The molecule has 0 saturated carbocycles. The number of halogens is 3. The Morgan fingerprint density at radius 2 is 1.91 bits per heavy atom. The van der Waals surface area contributed by atoms with Gasteiger partial charge in [0.05, 0.1) is 18.5 Å². The van der Waals surface area contributed by atoms with Crippen molar-refractivity contribution in [2.45, 2.75) is 49.3 Å². The van der Waals surface area contributed by atoms with Gasteiger partial charge in [0.25, 0.3) is 0 Å². The molecule has 0 aliphatic carbocycles. The minimum atomic E-state index is -4.45. The highest BCUT2D eigenvalue weighted by Gasteiger charge is 2.39. The second kappa shape index (κ2) is 9.26. The third kappa shape index (κ3) is 4.81. The summed E-state index contributed by atoms with van der Waals surface area (Å²) in [6.07, 6.45) is -2.85. The van der Waals surface area contributed by atoms with E-state index in [0.717, 1.165) is 33.3 Å². The van der Waals surface area contributed by atoms with Crippen molar-refractivity contribution in [3.8, 4) is 0 Å². The van der Waals surface area contributed by atoms with E-state index >= 15 is 0 Å². The summed E-state index contributed by atoms with van der Waals surface area (Å²) in [6.45, 7) is 6.27. The number of benzene rings is 1. The van der Waals surface area contributed by atoms with Crippen molar-refractivity contribution >= 4 is 29.2 Å². The second-order valence-electron chi connectivity index (χ2n) is 8.98. The third-order valence-corrected chi connectivity index (χ3v) is 7.33. The third-order valence-electron chi connectivity index (χ3n) is 6.23. The zero-order valence-corrected chi connectivity index (χ0v) is 20.4. The van der Waals surface area contributed by atoms with E-state index in [1.807, 2.05) is 36.2 Å². The lowest BCUT2D eigenvalue weighted by Gasteiger charge is -2.28. The summed E-state index contributed by atoms with van der Waals surface area (Å²) in [7, 11) is 1.92. The average Bonchev–Trinajstić information content (AvgIpc) is 3.25. The van der Waals surface area contributed by atoms with E-state index < -0.39 is 18.0 Å². The highest BCUT2D eigenvalue weighted by molar-refractivity contribution is 8.00. The van der Waals surface area contributed by atoms with Gasteiger partial charge in [-0.25, -0.2) is 0 Å². The van der Waals surface area contributed by atoms with Gasteiger partial charge in [0, 0.05) is 43.0 Å². The van der Waals surface area contributed by atoms with Crippen molar-refractivity contribution in [1.82, 2.24) is 14.8 Å². The number of hydrogen-bond acceptors (Lipinski definition) is 7. The Bertz CT molecular complexity index is 1090. The predicted molar refractivity (Wildman–Crippen MR) is 125 cm³/mol. The minimum absolute atomic E-state index is 0.0698. The van der Waals surface area contributed by atoms with Gasteiger partial charge in [-0.05, 0) is 18.6 Å². The average molecular weight is 496 g/mol. The standard InChI is InChI=1S/C23H28F3N5O2S/c1-15(18(32)13-19-22(2,3)16-7-5-6-8-17(16)29(19)4)34-21-28-27-20(30-9-11-33-12-10-30)31(21)14-23(24,25)26/h5-8,13,15H,9-12,14H2,1-4H3. The first-order valence-corrected chi connectivity index (χ1v) is 12.0. The fraction of sp³-hybridized carbons (Fsp3) is 0.522. The zero-order valence-electron chi connectivity index (χ0n) is 19.6. The fourth-order valence-corrected chi connectivity index (χ4v) is 5.27. The van der Waals surface area contributed by atoms with Crippen molar-refractivity contribution < 1.29 is 22.7 Å². The number of ether oxygens (including phenoxy) is 1. The highest BCUT2D eigenvalue weighted by Crippen LogP contribution is 2.46. The Morgan fingerprint density at radius 1 is 1.24 bits per heavy atom. The normalized spacial score (nSPS) is 20.0. The molecule has 4 rings (SSSR count). The number of allylic oxidation sites excluding steroid dienone is 2. The topological polar surface area (TPSA) is 63.5 Å². The molecule has 1 aromatic carbocycles. The maximum Gasteiger partial charge on any atom is 0.406 e. The number of aromatic nitrogens is 3. The molecule has 0 N–H and O–H groups in total. The summed E-state index contributed by atoms with van der Waals surface area (Å²) >= 11 is 0.991. The molecular formula is C23H28F3N5O2S. The van der Waals surface area contributed by atoms with Crippen molar-refractivity contribution in [3.05, 3.63) is 41.6 Å². The van der Waals surface area contributed by atoms with Crippen LogP contribution in [0.1, 0.15) is 26.3 Å². The highest BCUT2D eigenvalue weighted by atomic mass is 32.2. The van der Waals surface area contributed by atoms with Crippen LogP contribution in [0.2, 0.25) is 0 Å². The number of para-hydroxylation sites is 1.